The van der Waals surface area contributed by atoms with Gasteiger partial charge in [0.1, 0.15) is 0 Å². The Balaban J connectivity index is 0. The Hall–Kier alpha value is 0.334. The van der Waals surface area contributed by atoms with Gasteiger partial charge in [0.05, 0.1) is 0 Å². The summed E-state index contributed by atoms with van der Waals surface area (Å²) in [6, 6.07) is 0. The Morgan fingerprint density at radius 1 is 0.643 bits per heavy atom. The maximum Gasteiger partial charge on any atom is 0 e. The number of hydrogen-bond donors (Lipinski definition) is 0. The average Bonchev–Trinajstić information content (AvgIpc) is 2.16. The molecule has 0 aromatic rings. The zero-order valence-electron chi connectivity index (χ0n) is 9.05. The van der Waals surface area contributed by atoms with E-state index in [9.17, 15) is 0 Å². The number of nitrogens with zero attached hydrogens (tertiary/aromatic N) is 4. The van der Waals surface area contributed by atoms with Crippen LogP contribution in [0.5, 0.6) is 0 Å². The molecule has 0 fully saturated rings. The van der Waals surface area contributed by atoms with Gasteiger partial charge in [-0.25, -0.2) is 0 Å². The summed E-state index contributed by atoms with van der Waals surface area (Å²) in [7, 11) is 3.64. The Morgan fingerprint density at radius 3 is 1.43 bits per heavy atom. The van der Waals surface area contributed by atoms with Gasteiger partial charge in [0.15, 0.2) is 0 Å². The fourth-order valence-electron chi connectivity index (χ4n) is 0.859. The van der Waals surface area contributed by atoms with E-state index in [-0.39, 0.29) is 16.5 Å². The quantitative estimate of drug-likeness (QED) is 0.417. The van der Waals surface area contributed by atoms with Crippen molar-refractivity contribution in [2.75, 3.05) is 53.4 Å². The largest absolute Gasteiger partial charge is 0.666 e. The number of likely N-dealkylation sites (N-methyl/N-ethyl adjacent to an activating group) is 2. The van der Waals surface area contributed by atoms with Crippen LogP contribution in [0.3, 0.4) is 0 Å². The van der Waals surface area contributed by atoms with Crippen LogP contribution >= 0.6 is 0 Å². The summed E-state index contributed by atoms with van der Waals surface area (Å²) in [4.78, 5) is 0. The van der Waals surface area contributed by atoms with Gasteiger partial charge in [0.25, 0.3) is 0 Å². The molecule has 0 aliphatic rings. The van der Waals surface area contributed by atoms with Crippen molar-refractivity contribution in [2.45, 2.75) is 6.42 Å². The van der Waals surface area contributed by atoms with Crippen LogP contribution in [-0.4, -0.2) is 53.4 Å². The Bertz CT molecular complexity index is 82.9. The van der Waals surface area contributed by atoms with Gasteiger partial charge in [0.2, 0.25) is 0 Å². The van der Waals surface area contributed by atoms with Gasteiger partial charge in [-0.15, -0.1) is 0 Å². The van der Waals surface area contributed by atoms with Crippen molar-refractivity contribution in [3.8, 4) is 0 Å². The Labute approximate surface area is 97.9 Å². The molecule has 0 heterocycles. The molecular formula is C9H20N4Ni-4. The van der Waals surface area contributed by atoms with Crippen molar-refractivity contribution in [3.63, 3.8) is 0 Å². The maximum atomic E-state index is 4.30. The van der Waals surface area contributed by atoms with Gasteiger partial charge >= 0.3 is 0 Å². The van der Waals surface area contributed by atoms with E-state index in [1.807, 2.05) is 14.1 Å². The van der Waals surface area contributed by atoms with E-state index in [2.05, 4.69) is 21.3 Å². The average molecular weight is 243 g/mol. The van der Waals surface area contributed by atoms with Crippen LogP contribution in [0.1, 0.15) is 6.42 Å². The SMILES string of the molecule is C[N-]CC[N-]CCC[N-]CC[N-]C.[Ni]. The third-order valence-electron chi connectivity index (χ3n) is 1.60. The second-order valence-corrected chi connectivity index (χ2v) is 2.77. The predicted molar refractivity (Wildman–Crippen MR) is 59.1 cm³/mol. The van der Waals surface area contributed by atoms with Crippen LogP contribution in [0.25, 0.3) is 21.3 Å². The van der Waals surface area contributed by atoms with Crippen LogP contribution in [0, 0.1) is 0 Å². The first-order chi connectivity index (χ1) is 6.41. The molecule has 0 aliphatic heterocycles. The molecule has 0 amide bonds. The second-order valence-electron chi connectivity index (χ2n) is 2.77. The normalized spacial score (nSPS) is 9.86. The minimum atomic E-state index is 0. The van der Waals surface area contributed by atoms with Gasteiger partial charge < -0.3 is 21.3 Å². The van der Waals surface area contributed by atoms with Gasteiger partial charge in [0, 0.05) is 16.5 Å². The van der Waals surface area contributed by atoms with Crippen LogP contribution in [0.15, 0.2) is 0 Å². The summed E-state index contributed by atoms with van der Waals surface area (Å²) in [6.07, 6.45) is 1.06. The molecule has 0 saturated carbocycles. The summed E-state index contributed by atoms with van der Waals surface area (Å²) in [5.41, 5.74) is 0. The molecule has 0 atom stereocenters. The van der Waals surface area contributed by atoms with Gasteiger partial charge in [-0.05, 0) is 0 Å². The summed E-state index contributed by atoms with van der Waals surface area (Å²) >= 11 is 0. The van der Waals surface area contributed by atoms with E-state index in [0.29, 0.717) is 0 Å². The summed E-state index contributed by atoms with van der Waals surface area (Å²) in [5.74, 6) is 0. The van der Waals surface area contributed by atoms with Crippen molar-refractivity contribution in [3.05, 3.63) is 21.3 Å². The fraction of sp³-hybridized carbons (Fsp3) is 1.00. The van der Waals surface area contributed by atoms with E-state index in [1.54, 1.807) is 0 Å². The fourth-order valence-corrected chi connectivity index (χ4v) is 0.859. The molecule has 0 N–H and O–H groups in total. The molecule has 4 nitrogen and oxygen atoms in total. The van der Waals surface area contributed by atoms with Crippen molar-refractivity contribution in [1.29, 1.82) is 0 Å². The third kappa shape index (κ3) is 14.8. The molecule has 0 aromatic carbocycles. The van der Waals surface area contributed by atoms with Crippen molar-refractivity contribution in [2.24, 2.45) is 0 Å². The van der Waals surface area contributed by atoms with E-state index in [1.165, 1.54) is 0 Å². The summed E-state index contributed by atoms with van der Waals surface area (Å²) in [5, 5.41) is 16.5. The van der Waals surface area contributed by atoms with Gasteiger partial charge in [-0.2, -0.15) is 53.4 Å². The minimum Gasteiger partial charge on any atom is -0.666 e. The zero-order chi connectivity index (χ0) is 9.78. The first-order valence-corrected chi connectivity index (χ1v) is 4.79. The Morgan fingerprint density at radius 2 is 1.07 bits per heavy atom. The molecule has 0 aromatic heterocycles. The zero-order valence-corrected chi connectivity index (χ0v) is 10.0. The molecule has 0 saturated heterocycles. The van der Waals surface area contributed by atoms with E-state index in [0.717, 1.165) is 45.7 Å². The van der Waals surface area contributed by atoms with E-state index in [4.69, 9.17) is 0 Å². The van der Waals surface area contributed by atoms with E-state index >= 15 is 0 Å². The molecule has 0 aliphatic carbocycles. The number of rotatable bonds is 10. The second kappa shape index (κ2) is 15.8. The monoisotopic (exact) mass is 242 g/mol. The van der Waals surface area contributed by atoms with Crippen LogP contribution < -0.4 is 0 Å². The van der Waals surface area contributed by atoms with Gasteiger partial charge in [-0.1, -0.05) is 6.42 Å². The first kappa shape index (κ1) is 16.8. The van der Waals surface area contributed by atoms with E-state index < -0.39 is 0 Å². The molecule has 0 bridgehead atoms. The van der Waals surface area contributed by atoms with Gasteiger partial charge in [-0.3, -0.25) is 0 Å². The molecule has 0 spiro atoms. The molecule has 5 heteroatoms. The molecule has 0 radical (unpaired) electrons. The number of hydrogen-bond acceptors (Lipinski definition) is 0. The van der Waals surface area contributed by atoms with Crippen LogP contribution in [0.2, 0.25) is 0 Å². The van der Waals surface area contributed by atoms with Crippen molar-refractivity contribution in [1.82, 2.24) is 0 Å². The smallest absolute Gasteiger partial charge is 0 e. The Kier molecular flexibility index (Phi) is 18.9. The van der Waals surface area contributed by atoms with Crippen molar-refractivity contribution < 1.29 is 16.5 Å². The topological polar surface area (TPSA) is 56.4 Å². The summed E-state index contributed by atoms with van der Waals surface area (Å²) in [6.45, 7) is 5.27. The molecular weight excluding hydrogens is 223 g/mol. The summed E-state index contributed by atoms with van der Waals surface area (Å²) < 4.78 is 0. The van der Waals surface area contributed by atoms with Crippen LogP contribution in [-0.2, 0) is 16.5 Å². The minimum absolute atomic E-state index is 0. The standard InChI is InChI=1S/C9H20N4.Ni/c1-10-6-8-12-4-3-5-13-9-7-11-2;/h3-9H2,1-2H3;/q-4;. The third-order valence-corrected chi connectivity index (χ3v) is 1.60. The predicted octanol–water partition coefficient (Wildman–Crippen LogP) is 2.13. The molecule has 14 heavy (non-hydrogen) atoms. The maximum absolute atomic E-state index is 4.30. The molecule has 90 valence electrons. The molecule has 0 unspecified atom stereocenters. The first-order valence-electron chi connectivity index (χ1n) is 4.79. The molecule has 0 rings (SSSR count). The van der Waals surface area contributed by atoms with Crippen molar-refractivity contribution >= 4 is 0 Å². The van der Waals surface area contributed by atoms with Crippen LogP contribution in [0.4, 0.5) is 0 Å².